The quantitative estimate of drug-likeness (QED) is 0.188. The molecule has 7 heteroatoms. The SMILES string of the molecule is CCCCN=C(NCCc1ccc(Cl)nc1)NCCc1ccco1.I. The van der Waals surface area contributed by atoms with Crippen molar-refractivity contribution >= 4 is 41.5 Å². The Kier molecular flexibility index (Phi) is 11.3. The minimum Gasteiger partial charge on any atom is -0.469 e. The highest BCUT2D eigenvalue weighted by atomic mass is 127. The van der Waals surface area contributed by atoms with Crippen molar-refractivity contribution in [2.45, 2.75) is 32.6 Å². The Balaban J connectivity index is 0.00000312. The van der Waals surface area contributed by atoms with Gasteiger partial charge >= 0.3 is 0 Å². The van der Waals surface area contributed by atoms with E-state index in [0.29, 0.717) is 5.15 Å². The Labute approximate surface area is 171 Å². The van der Waals surface area contributed by atoms with Gasteiger partial charge in [-0.25, -0.2) is 4.98 Å². The maximum absolute atomic E-state index is 5.80. The summed E-state index contributed by atoms with van der Waals surface area (Å²) in [6.07, 6.45) is 7.44. The van der Waals surface area contributed by atoms with Crippen molar-refractivity contribution < 1.29 is 4.42 Å². The van der Waals surface area contributed by atoms with E-state index in [0.717, 1.165) is 62.6 Å². The highest BCUT2D eigenvalue weighted by molar-refractivity contribution is 14.0. The minimum atomic E-state index is 0. The Morgan fingerprint density at radius 3 is 2.64 bits per heavy atom. The molecule has 0 aliphatic carbocycles. The number of halogens is 2. The molecule has 0 radical (unpaired) electrons. The molecule has 2 N–H and O–H groups in total. The van der Waals surface area contributed by atoms with Gasteiger partial charge in [0.1, 0.15) is 10.9 Å². The molecule has 0 spiro atoms. The molecule has 138 valence electrons. The molecule has 0 atom stereocenters. The number of rotatable bonds is 9. The van der Waals surface area contributed by atoms with Gasteiger partial charge in [-0.15, -0.1) is 24.0 Å². The predicted octanol–water partition coefficient (Wildman–Crippen LogP) is 4.07. The number of aromatic nitrogens is 1. The van der Waals surface area contributed by atoms with E-state index in [1.54, 1.807) is 6.26 Å². The second-order valence-electron chi connectivity index (χ2n) is 5.51. The van der Waals surface area contributed by atoms with Crippen molar-refractivity contribution in [2.24, 2.45) is 4.99 Å². The highest BCUT2D eigenvalue weighted by Crippen LogP contribution is 2.05. The molecule has 0 bridgehead atoms. The molecule has 25 heavy (non-hydrogen) atoms. The average molecular weight is 477 g/mol. The van der Waals surface area contributed by atoms with Crippen LogP contribution in [0.25, 0.3) is 0 Å². The topological polar surface area (TPSA) is 62.5 Å². The Bertz CT molecular complexity index is 602. The molecule has 2 aromatic heterocycles. The van der Waals surface area contributed by atoms with Gasteiger partial charge in [0, 0.05) is 32.3 Å². The lowest BCUT2D eigenvalue weighted by molar-refractivity contribution is 0.506. The first-order valence-corrected chi connectivity index (χ1v) is 8.80. The zero-order chi connectivity index (χ0) is 17.0. The molecule has 0 aromatic carbocycles. The lowest BCUT2D eigenvalue weighted by Gasteiger charge is -2.12. The van der Waals surface area contributed by atoms with Crippen LogP contribution in [-0.2, 0) is 12.8 Å². The van der Waals surface area contributed by atoms with Crippen molar-refractivity contribution in [3.63, 3.8) is 0 Å². The van der Waals surface area contributed by atoms with Crippen LogP contribution in [0.1, 0.15) is 31.1 Å². The van der Waals surface area contributed by atoms with E-state index in [-0.39, 0.29) is 24.0 Å². The van der Waals surface area contributed by atoms with Crippen LogP contribution in [0.4, 0.5) is 0 Å². The van der Waals surface area contributed by atoms with Gasteiger partial charge in [0.15, 0.2) is 5.96 Å². The smallest absolute Gasteiger partial charge is 0.191 e. The molecule has 2 aromatic rings. The highest BCUT2D eigenvalue weighted by Gasteiger charge is 2.01. The molecule has 0 unspecified atom stereocenters. The summed E-state index contributed by atoms with van der Waals surface area (Å²) in [7, 11) is 0. The molecule has 0 amide bonds. The number of nitrogens with one attached hydrogen (secondary N) is 2. The maximum atomic E-state index is 5.80. The van der Waals surface area contributed by atoms with E-state index < -0.39 is 0 Å². The lowest BCUT2D eigenvalue weighted by atomic mass is 10.2. The van der Waals surface area contributed by atoms with Crippen molar-refractivity contribution in [3.8, 4) is 0 Å². The van der Waals surface area contributed by atoms with Gasteiger partial charge in [-0.05, 0) is 36.6 Å². The molecule has 0 aliphatic heterocycles. The summed E-state index contributed by atoms with van der Waals surface area (Å²) in [5, 5.41) is 7.25. The van der Waals surface area contributed by atoms with Crippen LogP contribution in [0.3, 0.4) is 0 Å². The maximum Gasteiger partial charge on any atom is 0.191 e. The fourth-order valence-electron chi connectivity index (χ4n) is 2.16. The normalized spacial score (nSPS) is 11.0. The van der Waals surface area contributed by atoms with Gasteiger partial charge in [-0.1, -0.05) is 31.0 Å². The summed E-state index contributed by atoms with van der Waals surface area (Å²) < 4.78 is 5.34. The third-order valence-electron chi connectivity index (χ3n) is 3.52. The standard InChI is InChI=1S/C18H25ClN4O.HI/c1-2-3-10-20-18(22-12-9-16-5-4-13-24-16)21-11-8-15-6-7-17(19)23-14-15;/h4-7,13-14H,2-3,8-12H2,1H3,(H2,20,21,22);1H. The summed E-state index contributed by atoms with van der Waals surface area (Å²) in [4.78, 5) is 8.70. The summed E-state index contributed by atoms with van der Waals surface area (Å²) in [5.74, 6) is 1.82. The van der Waals surface area contributed by atoms with Crippen LogP contribution in [-0.4, -0.2) is 30.6 Å². The molecule has 0 saturated carbocycles. The van der Waals surface area contributed by atoms with Crippen LogP contribution in [0.15, 0.2) is 46.1 Å². The average Bonchev–Trinajstić information content (AvgIpc) is 3.10. The number of aliphatic imine (C=N–C) groups is 1. The first kappa shape index (κ1) is 21.8. The molecule has 0 saturated heterocycles. The van der Waals surface area contributed by atoms with Crippen molar-refractivity contribution in [1.82, 2.24) is 15.6 Å². The molecule has 2 rings (SSSR count). The fraction of sp³-hybridized carbons (Fsp3) is 0.444. The monoisotopic (exact) mass is 476 g/mol. The number of unbranched alkanes of at least 4 members (excludes halogenated alkanes) is 1. The zero-order valence-electron chi connectivity index (χ0n) is 14.5. The third-order valence-corrected chi connectivity index (χ3v) is 3.74. The first-order chi connectivity index (χ1) is 11.8. The largest absolute Gasteiger partial charge is 0.469 e. The number of hydrogen-bond donors (Lipinski definition) is 2. The number of pyridine rings is 1. The van der Waals surface area contributed by atoms with Crippen LogP contribution < -0.4 is 10.6 Å². The molecular weight excluding hydrogens is 451 g/mol. The van der Waals surface area contributed by atoms with Gasteiger partial charge < -0.3 is 15.1 Å². The van der Waals surface area contributed by atoms with Gasteiger partial charge in [0.05, 0.1) is 6.26 Å². The van der Waals surface area contributed by atoms with E-state index in [4.69, 9.17) is 16.0 Å². The summed E-state index contributed by atoms with van der Waals surface area (Å²) >= 11 is 5.80. The van der Waals surface area contributed by atoms with Gasteiger partial charge in [0.25, 0.3) is 0 Å². The van der Waals surface area contributed by atoms with E-state index in [1.807, 2.05) is 30.5 Å². The van der Waals surface area contributed by atoms with Crippen molar-refractivity contribution in [2.75, 3.05) is 19.6 Å². The molecule has 0 fully saturated rings. The second kappa shape index (κ2) is 13.0. The predicted molar refractivity (Wildman–Crippen MR) is 114 cm³/mol. The minimum absolute atomic E-state index is 0. The summed E-state index contributed by atoms with van der Waals surface area (Å²) in [5.41, 5.74) is 1.15. The third kappa shape index (κ3) is 9.11. The van der Waals surface area contributed by atoms with E-state index >= 15 is 0 Å². The van der Waals surface area contributed by atoms with Gasteiger partial charge in [0.2, 0.25) is 0 Å². The fourth-order valence-corrected chi connectivity index (χ4v) is 2.27. The van der Waals surface area contributed by atoms with Gasteiger partial charge in [-0.3, -0.25) is 4.99 Å². The van der Waals surface area contributed by atoms with Crippen LogP contribution >= 0.6 is 35.6 Å². The Morgan fingerprint density at radius 1 is 1.20 bits per heavy atom. The van der Waals surface area contributed by atoms with Gasteiger partial charge in [-0.2, -0.15) is 0 Å². The molecular formula is C18H26ClIN4O. The van der Waals surface area contributed by atoms with Crippen LogP contribution in [0.5, 0.6) is 0 Å². The summed E-state index contributed by atoms with van der Waals surface area (Å²) in [6, 6.07) is 7.70. The Hall–Kier alpha value is -1.28. The summed E-state index contributed by atoms with van der Waals surface area (Å²) in [6.45, 7) is 4.57. The molecule has 0 aliphatic rings. The lowest BCUT2D eigenvalue weighted by Crippen LogP contribution is -2.39. The van der Waals surface area contributed by atoms with Crippen molar-refractivity contribution in [1.29, 1.82) is 0 Å². The van der Waals surface area contributed by atoms with Crippen LogP contribution in [0.2, 0.25) is 5.15 Å². The number of guanidine groups is 1. The Morgan fingerprint density at radius 2 is 2.00 bits per heavy atom. The van der Waals surface area contributed by atoms with E-state index in [1.165, 1.54) is 0 Å². The number of hydrogen-bond acceptors (Lipinski definition) is 3. The number of nitrogens with zero attached hydrogens (tertiary/aromatic N) is 2. The molecule has 2 heterocycles. The first-order valence-electron chi connectivity index (χ1n) is 8.43. The van der Waals surface area contributed by atoms with E-state index in [9.17, 15) is 0 Å². The molecule has 5 nitrogen and oxygen atoms in total. The number of furan rings is 1. The zero-order valence-corrected chi connectivity index (χ0v) is 17.6. The van der Waals surface area contributed by atoms with E-state index in [2.05, 4.69) is 27.5 Å². The van der Waals surface area contributed by atoms with Crippen LogP contribution in [0, 0.1) is 0 Å². The van der Waals surface area contributed by atoms with Crippen molar-refractivity contribution in [3.05, 3.63) is 53.2 Å². The second-order valence-corrected chi connectivity index (χ2v) is 5.89.